The zero-order valence-corrected chi connectivity index (χ0v) is 15.7. The van der Waals surface area contributed by atoms with Crippen molar-refractivity contribution in [2.24, 2.45) is 5.92 Å². The number of nitrogens with zero attached hydrogens (tertiary/aromatic N) is 2. The monoisotopic (exact) mass is 345 g/mol. The predicted octanol–water partition coefficient (Wildman–Crippen LogP) is 2.27. The van der Waals surface area contributed by atoms with E-state index in [0.29, 0.717) is 0 Å². The number of rotatable bonds is 7. The molecule has 25 heavy (non-hydrogen) atoms. The third kappa shape index (κ3) is 5.56. The van der Waals surface area contributed by atoms with Gasteiger partial charge >= 0.3 is 0 Å². The van der Waals surface area contributed by atoms with Gasteiger partial charge in [-0.3, -0.25) is 14.5 Å². The molecule has 5 nitrogen and oxygen atoms in total. The van der Waals surface area contributed by atoms with Crippen molar-refractivity contribution < 1.29 is 9.59 Å². The molecule has 0 unspecified atom stereocenters. The molecule has 2 amide bonds. The molecular formula is C20H31N3O2. The molecule has 1 fully saturated rings. The van der Waals surface area contributed by atoms with Crippen molar-refractivity contribution >= 4 is 11.8 Å². The minimum absolute atomic E-state index is 0.00188. The van der Waals surface area contributed by atoms with Gasteiger partial charge in [-0.2, -0.15) is 0 Å². The first kappa shape index (κ1) is 19.4. The lowest BCUT2D eigenvalue weighted by molar-refractivity contribution is -0.138. The highest BCUT2D eigenvalue weighted by atomic mass is 16.2. The number of benzene rings is 1. The second-order valence-corrected chi connectivity index (χ2v) is 6.83. The van der Waals surface area contributed by atoms with Gasteiger partial charge in [0.25, 0.3) is 0 Å². The minimum atomic E-state index is -0.450. The summed E-state index contributed by atoms with van der Waals surface area (Å²) >= 11 is 0. The van der Waals surface area contributed by atoms with Gasteiger partial charge in [-0.05, 0) is 25.3 Å². The largest absolute Gasteiger partial charge is 0.344 e. The second-order valence-electron chi connectivity index (χ2n) is 6.83. The van der Waals surface area contributed by atoms with Gasteiger partial charge in [-0.25, -0.2) is 0 Å². The number of carbonyl (C=O) groups is 2. The van der Waals surface area contributed by atoms with E-state index in [1.54, 1.807) is 6.92 Å². The van der Waals surface area contributed by atoms with E-state index in [0.717, 1.165) is 45.6 Å². The van der Waals surface area contributed by atoms with Crippen LogP contribution in [0.1, 0.15) is 39.2 Å². The van der Waals surface area contributed by atoms with Crippen LogP contribution in [0.3, 0.4) is 0 Å². The molecule has 1 heterocycles. The van der Waals surface area contributed by atoms with Crippen LogP contribution in [0.25, 0.3) is 0 Å². The average molecular weight is 345 g/mol. The Morgan fingerprint density at radius 1 is 1.04 bits per heavy atom. The molecule has 0 aromatic heterocycles. The van der Waals surface area contributed by atoms with Gasteiger partial charge in [-0.15, -0.1) is 0 Å². The molecule has 1 aliphatic heterocycles. The molecule has 1 N–H and O–H groups in total. The molecule has 0 aliphatic carbocycles. The average Bonchev–Trinajstić information content (AvgIpc) is 2.63. The summed E-state index contributed by atoms with van der Waals surface area (Å²) in [7, 11) is 0. The molecule has 1 aliphatic rings. The molecule has 1 saturated heterocycles. The number of piperazine rings is 1. The van der Waals surface area contributed by atoms with E-state index < -0.39 is 6.04 Å². The highest BCUT2D eigenvalue weighted by Crippen LogP contribution is 2.11. The third-order valence-electron chi connectivity index (χ3n) is 5.02. The van der Waals surface area contributed by atoms with Crippen LogP contribution < -0.4 is 5.32 Å². The summed E-state index contributed by atoms with van der Waals surface area (Å²) in [5.41, 5.74) is 1.30. The summed E-state index contributed by atoms with van der Waals surface area (Å²) in [4.78, 5) is 29.0. The van der Waals surface area contributed by atoms with E-state index in [1.807, 2.05) is 24.8 Å². The predicted molar refractivity (Wildman–Crippen MR) is 100.0 cm³/mol. The molecule has 5 heteroatoms. The molecule has 2 rings (SSSR count). The van der Waals surface area contributed by atoms with Gasteiger partial charge in [0.15, 0.2) is 0 Å². The lowest BCUT2D eigenvalue weighted by Gasteiger charge is -2.36. The Bertz CT molecular complexity index is 549. The summed E-state index contributed by atoms with van der Waals surface area (Å²) in [5, 5.41) is 2.89. The van der Waals surface area contributed by atoms with Crippen LogP contribution >= 0.6 is 0 Å². The van der Waals surface area contributed by atoms with Gasteiger partial charge in [-0.1, -0.05) is 44.2 Å². The van der Waals surface area contributed by atoms with Gasteiger partial charge in [0.05, 0.1) is 0 Å². The topological polar surface area (TPSA) is 52.7 Å². The standard InChI is InChI=1S/C20H31N3O2/c1-4-18(5-2)19(24)21-16(3)20(25)23-13-11-22(12-14-23)15-17-9-7-6-8-10-17/h6-10,16,18H,4-5,11-15H2,1-3H3,(H,21,24)/t16-/m1/s1. The fourth-order valence-electron chi connectivity index (χ4n) is 3.29. The zero-order chi connectivity index (χ0) is 18.2. The fourth-order valence-corrected chi connectivity index (χ4v) is 3.29. The van der Waals surface area contributed by atoms with Gasteiger partial charge in [0.2, 0.25) is 11.8 Å². The summed E-state index contributed by atoms with van der Waals surface area (Å²) in [6, 6.07) is 9.95. The highest BCUT2D eigenvalue weighted by Gasteiger charge is 2.27. The first-order chi connectivity index (χ1) is 12.0. The van der Waals surface area contributed by atoms with Crippen LogP contribution in [-0.2, 0) is 16.1 Å². The summed E-state index contributed by atoms with van der Waals surface area (Å²) in [6.45, 7) is 9.90. The Kier molecular flexibility index (Phi) is 7.44. The number of carbonyl (C=O) groups excluding carboxylic acids is 2. The molecule has 0 spiro atoms. The van der Waals surface area contributed by atoms with E-state index in [9.17, 15) is 9.59 Å². The highest BCUT2D eigenvalue weighted by molar-refractivity contribution is 5.88. The quantitative estimate of drug-likeness (QED) is 0.825. The van der Waals surface area contributed by atoms with Crippen molar-refractivity contribution in [3.8, 4) is 0 Å². The molecule has 0 radical (unpaired) electrons. The lowest BCUT2D eigenvalue weighted by Crippen LogP contribution is -2.54. The minimum Gasteiger partial charge on any atom is -0.344 e. The molecule has 0 bridgehead atoms. The Labute approximate surface area is 151 Å². The van der Waals surface area contributed by atoms with E-state index >= 15 is 0 Å². The maximum absolute atomic E-state index is 12.6. The molecule has 1 aromatic carbocycles. The van der Waals surface area contributed by atoms with E-state index in [4.69, 9.17) is 0 Å². The van der Waals surface area contributed by atoms with Crippen molar-refractivity contribution in [1.82, 2.24) is 15.1 Å². The van der Waals surface area contributed by atoms with E-state index in [2.05, 4.69) is 34.5 Å². The van der Waals surface area contributed by atoms with Crippen molar-refractivity contribution in [3.63, 3.8) is 0 Å². The first-order valence-electron chi connectivity index (χ1n) is 9.40. The van der Waals surface area contributed by atoms with Gasteiger partial charge < -0.3 is 10.2 Å². The molecule has 1 aromatic rings. The number of amides is 2. The van der Waals surface area contributed by atoms with Crippen LogP contribution in [0.5, 0.6) is 0 Å². The maximum Gasteiger partial charge on any atom is 0.244 e. The summed E-state index contributed by atoms with van der Waals surface area (Å²) in [5.74, 6) is 0.0187. The van der Waals surface area contributed by atoms with E-state index in [-0.39, 0.29) is 17.7 Å². The number of nitrogens with one attached hydrogen (secondary N) is 1. The number of hydrogen-bond donors (Lipinski definition) is 1. The smallest absolute Gasteiger partial charge is 0.244 e. The second kappa shape index (κ2) is 9.56. The Hall–Kier alpha value is -1.88. The van der Waals surface area contributed by atoms with Gasteiger partial charge in [0, 0.05) is 38.6 Å². The zero-order valence-electron chi connectivity index (χ0n) is 15.7. The maximum atomic E-state index is 12.6. The SMILES string of the molecule is CCC(CC)C(=O)N[C@H](C)C(=O)N1CCN(Cc2ccccc2)CC1. The Morgan fingerprint density at radius 3 is 2.20 bits per heavy atom. The summed E-state index contributed by atoms with van der Waals surface area (Å²) in [6.07, 6.45) is 1.61. The van der Waals surface area contributed by atoms with Crippen LogP contribution in [0.15, 0.2) is 30.3 Å². The Morgan fingerprint density at radius 2 is 1.64 bits per heavy atom. The molecule has 1 atom stereocenters. The van der Waals surface area contributed by atoms with Crippen molar-refractivity contribution in [1.29, 1.82) is 0 Å². The number of hydrogen-bond acceptors (Lipinski definition) is 3. The van der Waals surface area contributed by atoms with Crippen LogP contribution in [0.2, 0.25) is 0 Å². The normalized spacial score (nSPS) is 16.7. The van der Waals surface area contributed by atoms with Crippen LogP contribution in [0.4, 0.5) is 0 Å². The Balaban J connectivity index is 1.79. The molecule has 0 saturated carbocycles. The third-order valence-corrected chi connectivity index (χ3v) is 5.02. The van der Waals surface area contributed by atoms with Crippen molar-refractivity contribution in [3.05, 3.63) is 35.9 Å². The first-order valence-corrected chi connectivity index (χ1v) is 9.40. The van der Waals surface area contributed by atoms with Crippen molar-refractivity contribution in [2.45, 2.75) is 46.2 Å². The molecular weight excluding hydrogens is 314 g/mol. The van der Waals surface area contributed by atoms with Crippen LogP contribution in [0, 0.1) is 5.92 Å². The van der Waals surface area contributed by atoms with Crippen LogP contribution in [-0.4, -0.2) is 53.8 Å². The fraction of sp³-hybridized carbons (Fsp3) is 0.600. The molecule has 138 valence electrons. The summed E-state index contributed by atoms with van der Waals surface area (Å²) < 4.78 is 0. The van der Waals surface area contributed by atoms with Gasteiger partial charge in [0.1, 0.15) is 6.04 Å². The van der Waals surface area contributed by atoms with Crippen molar-refractivity contribution in [2.75, 3.05) is 26.2 Å². The lowest BCUT2D eigenvalue weighted by atomic mass is 10.0. The van der Waals surface area contributed by atoms with E-state index in [1.165, 1.54) is 5.56 Å².